The van der Waals surface area contributed by atoms with Gasteiger partial charge in [0.1, 0.15) is 0 Å². The minimum Gasteiger partial charge on any atom is -0.472 e. The van der Waals surface area contributed by atoms with Gasteiger partial charge in [0.05, 0.1) is 13.2 Å². The zero-order chi connectivity index (χ0) is 9.98. The standard InChI is InChI=1S/2C3H7NOS.Cu/c2*1-2-5-3(4)6;/h2*2H2,1H3,(H2,4,6);. The number of hydrogen-bond donors (Lipinski definition) is 2. The Balaban J connectivity index is -0.000000143. The molecule has 0 saturated carbocycles. The van der Waals surface area contributed by atoms with Crippen LogP contribution in [0.2, 0.25) is 0 Å². The number of thiocarbonyl (C=S) groups is 2. The third-order valence-electron chi connectivity index (χ3n) is 0.573. The number of nitrogens with two attached hydrogens (primary N) is 2. The second-order valence-electron chi connectivity index (χ2n) is 1.50. The average molecular weight is 274 g/mol. The van der Waals surface area contributed by atoms with Crippen molar-refractivity contribution in [2.24, 2.45) is 11.5 Å². The SMILES string of the molecule is CCOC(N)=S.CCOC(N)=S.[Cu]. The van der Waals surface area contributed by atoms with Crippen LogP contribution in [0, 0.1) is 0 Å². The first kappa shape index (κ1) is 18.6. The molecule has 1 radical (unpaired) electrons. The summed E-state index contributed by atoms with van der Waals surface area (Å²) in [6.07, 6.45) is 0. The molecule has 4 nitrogen and oxygen atoms in total. The van der Waals surface area contributed by atoms with Gasteiger partial charge in [0, 0.05) is 17.1 Å². The van der Waals surface area contributed by atoms with Crippen molar-refractivity contribution in [2.75, 3.05) is 13.2 Å². The van der Waals surface area contributed by atoms with Gasteiger partial charge in [-0.3, -0.25) is 0 Å². The molecule has 0 aliphatic rings. The van der Waals surface area contributed by atoms with Crippen LogP contribution in [0.5, 0.6) is 0 Å². The molecule has 0 heterocycles. The smallest absolute Gasteiger partial charge is 0.253 e. The van der Waals surface area contributed by atoms with E-state index in [-0.39, 0.29) is 27.4 Å². The summed E-state index contributed by atoms with van der Waals surface area (Å²) in [6, 6.07) is 0. The van der Waals surface area contributed by atoms with Crippen molar-refractivity contribution in [3.05, 3.63) is 0 Å². The number of rotatable bonds is 2. The van der Waals surface area contributed by atoms with Gasteiger partial charge in [-0.1, -0.05) is 0 Å². The van der Waals surface area contributed by atoms with Gasteiger partial charge >= 0.3 is 0 Å². The summed E-state index contributed by atoms with van der Waals surface area (Å²) >= 11 is 8.70. The first-order chi connectivity index (χ1) is 5.54. The topological polar surface area (TPSA) is 70.5 Å². The molecule has 0 unspecified atom stereocenters. The third kappa shape index (κ3) is 33.5. The normalized spacial score (nSPS) is 6.92. The zero-order valence-corrected chi connectivity index (χ0v) is 10.1. The Morgan fingerprint density at radius 2 is 1.23 bits per heavy atom. The third-order valence-corrected chi connectivity index (χ3v) is 0.809. The van der Waals surface area contributed by atoms with E-state index in [9.17, 15) is 0 Å². The number of hydrogen-bond acceptors (Lipinski definition) is 4. The van der Waals surface area contributed by atoms with E-state index >= 15 is 0 Å². The van der Waals surface area contributed by atoms with Gasteiger partial charge < -0.3 is 20.9 Å². The van der Waals surface area contributed by atoms with Crippen molar-refractivity contribution < 1.29 is 26.5 Å². The molecule has 0 bridgehead atoms. The van der Waals surface area contributed by atoms with Crippen LogP contribution >= 0.6 is 24.4 Å². The summed E-state index contributed by atoms with van der Waals surface area (Å²) in [4.78, 5) is 0. The van der Waals surface area contributed by atoms with Gasteiger partial charge in [0.25, 0.3) is 10.3 Å². The predicted molar refractivity (Wildman–Crippen MR) is 56.8 cm³/mol. The van der Waals surface area contributed by atoms with Crippen LogP contribution in [-0.4, -0.2) is 23.6 Å². The Hall–Kier alpha value is -0.101. The Morgan fingerprint density at radius 1 is 1.00 bits per heavy atom. The fourth-order valence-electron chi connectivity index (χ4n) is 0.285. The predicted octanol–water partition coefficient (Wildman–Crippen LogP) is 0.531. The van der Waals surface area contributed by atoms with Crippen LogP contribution in [0.3, 0.4) is 0 Å². The van der Waals surface area contributed by atoms with Crippen molar-refractivity contribution in [3.63, 3.8) is 0 Å². The van der Waals surface area contributed by atoms with E-state index in [2.05, 4.69) is 33.9 Å². The number of ether oxygens (including phenoxy) is 2. The molecule has 0 aliphatic carbocycles. The van der Waals surface area contributed by atoms with E-state index < -0.39 is 0 Å². The van der Waals surface area contributed by atoms with Crippen molar-refractivity contribution in [2.45, 2.75) is 13.8 Å². The maximum absolute atomic E-state index is 4.91. The maximum Gasteiger partial charge on any atom is 0.253 e. The Labute approximate surface area is 99.8 Å². The molecule has 0 atom stereocenters. The first-order valence-electron chi connectivity index (χ1n) is 3.39. The van der Waals surface area contributed by atoms with Crippen LogP contribution in [0.25, 0.3) is 0 Å². The summed E-state index contributed by atoms with van der Waals surface area (Å²) in [7, 11) is 0. The van der Waals surface area contributed by atoms with Crippen molar-refractivity contribution in [1.29, 1.82) is 0 Å². The molecule has 4 N–H and O–H groups in total. The molecule has 0 fully saturated rings. The van der Waals surface area contributed by atoms with Gasteiger partial charge in [0.2, 0.25) is 0 Å². The zero-order valence-electron chi connectivity index (χ0n) is 7.50. The van der Waals surface area contributed by atoms with Crippen LogP contribution in [0.4, 0.5) is 0 Å². The molecule has 0 spiro atoms. The molecule has 83 valence electrons. The Kier molecular flexibility index (Phi) is 20.7. The van der Waals surface area contributed by atoms with Crippen molar-refractivity contribution in [1.82, 2.24) is 0 Å². The fraction of sp³-hybridized carbons (Fsp3) is 0.667. The Morgan fingerprint density at radius 3 is 1.23 bits per heavy atom. The molecule has 0 saturated heterocycles. The van der Waals surface area contributed by atoms with E-state index in [1.54, 1.807) is 0 Å². The summed E-state index contributed by atoms with van der Waals surface area (Å²) in [5.74, 6) is 0. The second kappa shape index (κ2) is 14.4. The fourth-order valence-corrected chi connectivity index (χ4v) is 0.520. The minimum atomic E-state index is 0. The molecule has 0 amide bonds. The van der Waals surface area contributed by atoms with Gasteiger partial charge in [-0.05, 0) is 38.3 Å². The molecular weight excluding hydrogens is 260 g/mol. The summed E-state index contributed by atoms with van der Waals surface area (Å²) in [6.45, 7) is 4.79. The van der Waals surface area contributed by atoms with Crippen molar-refractivity contribution >= 4 is 34.8 Å². The molecule has 0 rings (SSSR count). The molecule has 0 aromatic rings. The summed E-state index contributed by atoms with van der Waals surface area (Å²) in [5, 5.41) is 0.245. The largest absolute Gasteiger partial charge is 0.472 e. The second-order valence-corrected chi connectivity index (χ2v) is 2.31. The summed E-state index contributed by atoms with van der Waals surface area (Å²) < 4.78 is 9.10. The van der Waals surface area contributed by atoms with Crippen LogP contribution in [-0.2, 0) is 26.5 Å². The Bertz CT molecular complexity index is 131. The van der Waals surface area contributed by atoms with E-state index in [0.29, 0.717) is 13.2 Å². The van der Waals surface area contributed by atoms with Crippen molar-refractivity contribution in [3.8, 4) is 0 Å². The van der Waals surface area contributed by atoms with E-state index in [1.807, 2.05) is 13.8 Å². The van der Waals surface area contributed by atoms with Crippen LogP contribution in [0.1, 0.15) is 13.8 Å². The molecule has 0 aromatic carbocycles. The summed E-state index contributed by atoms with van der Waals surface area (Å²) in [5.41, 5.74) is 9.82. The first-order valence-corrected chi connectivity index (χ1v) is 4.20. The van der Waals surface area contributed by atoms with E-state index in [1.165, 1.54) is 0 Å². The van der Waals surface area contributed by atoms with Crippen LogP contribution < -0.4 is 11.5 Å². The van der Waals surface area contributed by atoms with Gasteiger partial charge in [-0.15, -0.1) is 0 Å². The maximum atomic E-state index is 4.91. The average Bonchev–Trinajstić information content (AvgIpc) is 1.87. The molecule has 0 aliphatic heterocycles. The van der Waals surface area contributed by atoms with Gasteiger partial charge in [-0.25, -0.2) is 0 Å². The molecule has 7 heteroatoms. The molecular formula is C6H14CuN2O2S2. The van der Waals surface area contributed by atoms with Gasteiger partial charge in [-0.2, -0.15) is 0 Å². The quantitative estimate of drug-likeness (QED) is 0.565. The monoisotopic (exact) mass is 273 g/mol. The minimum absolute atomic E-state index is 0. The van der Waals surface area contributed by atoms with Gasteiger partial charge in [0.15, 0.2) is 0 Å². The van der Waals surface area contributed by atoms with E-state index in [4.69, 9.17) is 11.5 Å². The van der Waals surface area contributed by atoms with Crippen LogP contribution in [0.15, 0.2) is 0 Å². The molecule has 0 aromatic heterocycles. The van der Waals surface area contributed by atoms with E-state index in [0.717, 1.165) is 0 Å². The molecule has 13 heavy (non-hydrogen) atoms.